The predicted molar refractivity (Wildman–Crippen MR) is 107 cm³/mol. The first kappa shape index (κ1) is 17.5. The fraction of sp³-hybridized carbons (Fsp3) is 0.150. The Morgan fingerprint density at radius 3 is 2.85 bits per heavy atom. The molecule has 4 rings (SSSR count). The highest BCUT2D eigenvalue weighted by molar-refractivity contribution is 9.10. The summed E-state index contributed by atoms with van der Waals surface area (Å²) in [4.78, 5) is 12.3. The van der Waals surface area contributed by atoms with Gasteiger partial charge in [-0.05, 0) is 54.1 Å². The molecule has 0 aliphatic carbocycles. The molecule has 0 radical (unpaired) electrons. The molecule has 27 heavy (non-hydrogen) atoms. The lowest BCUT2D eigenvalue weighted by Gasteiger charge is -2.13. The van der Waals surface area contributed by atoms with Crippen molar-refractivity contribution in [2.75, 3.05) is 6.61 Å². The number of hydrogen-bond acceptors (Lipinski definition) is 4. The number of ether oxygens (including phenoxy) is 1. The Morgan fingerprint density at radius 2 is 1.96 bits per heavy atom. The Hall–Kier alpha value is -2.93. The number of pyridine rings is 1. The number of aromatic nitrogens is 3. The topological polar surface area (TPSA) is 68.5 Å². The number of carbonyl (C=O) groups excluding carboxylic acids is 1. The van der Waals surface area contributed by atoms with Crippen LogP contribution in [0.15, 0.2) is 65.3 Å². The quantitative estimate of drug-likeness (QED) is 0.527. The van der Waals surface area contributed by atoms with E-state index in [1.807, 2.05) is 72.1 Å². The van der Waals surface area contributed by atoms with Gasteiger partial charge in [-0.15, -0.1) is 10.2 Å². The normalized spacial score (nSPS) is 12.2. The molecule has 0 saturated heterocycles. The summed E-state index contributed by atoms with van der Waals surface area (Å²) in [6, 6.07) is 17.1. The van der Waals surface area contributed by atoms with E-state index in [1.165, 1.54) is 0 Å². The van der Waals surface area contributed by atoms with Gasteiger partial charge < -0.3 is 10.1 Å². The predicted octanol–water partition coefficient (Wildman–Crippen LogP) is 3.90. The van der Waals surface area contributed by atoms with Crippen LogP contribution in [0.3, 0.4) is 0 Å². The van der Waals surface area contributed by atoms with Crippen LogP contribution >= 0.6 is 15.9 Å². The molecule has 2 aromatic heterocycles. The van der Waals surface area contributed by atoms with Crippen molar-refractivity contribution >= 4 is 38.3 Å². The number of amides is 1. The van der Waals surface area contributed by atoms with Crippen molar-refractivity contribution in [2.24, 2.45) is 0 Å². The minimum absolute atomic E-state index is 0.0664. The van der Waals surface area contributed by atoms with Crippen LogP contribution in [-0.4, -0.2) is 27.1 Å². The van der Waals surface area contributed by atoms with Crippen LogP contribution in [-0.2, 0) is 4.79 Å². The van der Waals surface area contributed by atoms with Crippen LogP contribution in [0.1, 0.15) is 18.8 Å². The Bertz CT molecular complexity index is 1130. The average Bonchev–Trinajstić information content (AvgIpc) is 3.10. The maximum Gasteiger partial charge on any atom is 0.258 e. The first-order valence-corrected chi connectivity index (χ1v) is 9.30. The first-order chi connectivity index (χ1) is 13.1. The number of nitrogens with zero attached hydrogens (tertiary/aromatic N) is 3. The smallest absolute Gasteiger partial charge is 0.258 e. The summed E-state index contributed by atoms with van der Waals surface area (Å²) >= 11 is 3.46. The second-order valence-corrected chi connectivity index (χ2v) is 7.13. The summed E-state index contributed by atoms with van der Waals surface area (Å²) < 4.78 is 8.53. The van der Waals surface area contributed by atoms with Gasteiger partial charge >= 0.3 is 0 Å². The molecule has 0 aliphatic heterocycles. The minimum atomic E-state index is -0.285. The zero-order valence-electron chi connectivity index (χ0n) is 14.6. The molecule has 0 aliphatic rings. The Labute approximate surface area is 164 Å². The molecule has 0 fully saturated rings. The standard InChI is InChI=1S/C20H17BrN4O2/c1-13(20-24-23-18-4-2-3-9-25(18)20)22-19(26)12-27-17-8-6-14-10-16(21)7-5-15(14)11-17/h2-11,13H,12H2,1H3,(H,22,26)/t13-/m1/s1. The van der Waals surface area contributed by atoms with E-state index in [9.17, 15) is 4.79 Å². The van der Waals surface area contributed by atoms with Crippen molar-refractivity contribution in [3.8, 4) is 5.75 Å². The summed E-state index contributed by atoms with van der Waals surface area (Å²) in [5, 5.41) is 13.3. The minimum Gasteiger partial charge on any atom is -0.484 e. The first-order valence-electron chi connectivity index (χ1n) is 8.51. The van der Waals surface area contributed by atoms with E-state index in [4.69, 9.17) is 4.74 Å². The number of nitrogens with one attached hydrogen (secondary N) is 1. The van der Waals surface area contributed by atoms with Gasteiger partial charge in [0.15, 0.2) is 18.1 Å². The van der Waals surface area contributed by atoms with Crippen molar-refractivity contribution in [1.82, 2.24) is 19.9 Å². The number of hydrogen-bond donors (Lipinski definition) is 1. The van der Waals surface area contributed by atoms with Crippen LogP contribution in [0.4, 0.5) is 0 Å². The molecule has 0 bridgehead atoms. The van der Waals surface area contributed by atoms with Crippen molar-refractivity contribution in [3.63, 3.8) is 0 Å². The Balaban J connectivity index is 1.40. The van der Waals surface area contributed by atoms with Crippen molar-refractivity contribution in [3.05, 3.63) is 71.1 Å². The number of rotatable bonds is 5. The van der Waals surface area contributed by atoms with E-state index in [2.05, 4.69) is 31.4 Å². The maximum absolute atomic E-state index is 12.3. The zero-order chi connectivity index (χ0) is 18.8. The summed E-state index contributed by atoms with van der Waals surface area (Å²) in [6.45, 7) is 1.80. The van der Waals surface area contributed by atoms with Crippen molar-refractivity contribution in [1.29, 1.82) is 0 Å². The molecule has 1 N–H and O–H groups in total. The summed E-state index contributed by atoms with van der Waals surface area (Å²) in [6.07, 6.45) is 1.87. The van der Waals surface area contributed by atoms with Gasteiger partial charge in [-0.25, -0.2) is 0 Å². The fourth-order valence-corrected chi connectivity index (χ4v) is 3.31. The summed E-state index contributed by atoms with van der Waals surface area (Å²) in [5.41, 5.74) is 0.743. The van der Waals surface area contributed by atoms with Gasteiger partial charge in [0, 0.05) is 10.7 Å². The summed E-state index contributed by atoms with van der Waals surface area (Å²) in [5.74, 6) is 1.11. The largest absolute Gasteiger partial charge is 0.484 e. The molecule has 7 heteroatoms. The van der Waals surface area contributed by atoms with E-state index >= 15 is 0 Å². The van der Waals surface area contributed by atoms with E-state index in [-0.39, 0.29) is 18.6 Å². The monoisotopic (exact) mass is 424 g/mol. The Morgan fingerprint density at radius 1 is 1.15 bits per heavy atom. The van der Waals surface area contributed by atoms with Gasteiger partial charge in [0.25, 0.3) is 5.91 Å². The lowest BCUT2D eigenvalue weighted by Crippen LogP contribution is -2.32. The van der Waals surface area contributed by atoms with E-state index in [0.29, 0.717) is 11.6 Å². The van der Waals surface area contributed by atoms with E-state index < -0.39 is 0 Å². The number of fused-ring (bicyclic) bond motifs is 2. The van der Waals surface area contributed by atoms with Crippen LogP contribution < -0.4 is 10.1 Å². The molecule has 1 atom stereocenters. The van der Waals surface area contributed by atoms with Crippen LogP contribution in [0.2, 0.25) is 0 Å². The summed E-state index contributed by atoms with van der Waals surface area (Å²) in [7, 11) is 0. The van der Waals surface area contributed by atoms with Crippen LogP contribution in [0.5, 0.6) is 5.75 Å². The molecule has 2 aromatic carbocycles. The van der Waals surface area contributed by atoms with Gasteiger partial charge in [0.1, 0.15) is 5.75 Å². The molecule has 0 spiro atoms. The third kappa shape index (κ3) is 3.78. The molecule has 0 saturated carbocycles. The lowest BCUT2D eigenvalue weighted by atomic mass is 10.1. The molecule has 136 valence electrons. The fourth-order valence-electron chi connectivity index (χ4n) is 2.94. The number of halogens is 1. The SMILES string of the molecule is C[C@@H](NC(=O)COc1ccc2cc(Br)ccc2c1)c1nnc2ccccn12. The highest BCUT2D eigenvalue weighted by atomic mass is 79.9. The Kier molecular flexibility index (Phi) is 4.77. The van der Waals surface area contributed by atoms with Crippen LogP contribution in [0.25, 0.3) is 16.4 Å². The molecule has 4 aromatic rings. The molecule has 1 amide bonds. The lowest BCUT2D eigenvalue weighted by molar-refractivity contribution is -0.123. The number of benzene rings is 2. The zero-order valence-corrected chi connectivity index (χ0v) is 16.2. The molecular weight excluding hydrogens is 408 g/mol. The number of carbonyl (C=O) groups is 1. The van der Waals surface area contributed by atoms with E-state index in [1.54, 1.807) is 0 Å². The van der Waals surface area contributed by atoms with E-state index in [0.717, 1.165) is 20.9 Å². The third-order valence-corrected chi connectivity index (χ3v) is 4.74. The van der Waals surface area contributed by atoms with Gasteiger partial charge in [0.2, 0.25) is 0 Å². The highest BCUT2D eigenvalue weighted by Crippen LogP contribution is 2.24. The van der Waals surface area contributed by atoms with Crippen molar-refractivity contribution < 1.29 is 9.53 Å². The third-order valence-electron chi connectivity index (χ3n) is 4.25. The van der Waals surface area contributed by atoms with Crippen molar-refractivity contribution in [2.45, 2.75) is 13.0 Å². The van der Waals surface area contributed by atoms with Gasteiger partial charge in [-0.2, -0.15) is 0 Å². The van der Waals surface area contributed by atoms with Gasteiger partial charge in [0.05, 0.1) is 6.04 Å². The van der Waals surface area contributed by atoms with Gasteiger partial charge in [-0.3, -0.25) is 9.20 Å². The second-order valence-electron chi connectivity index (χ2n) is 6.22. The second kappa shape index (κ2) is 7.36. The average molecular weight is 425 g/mol. The molecule has 6 nitrogen and oxygen atoms in total. The highest BCUT2D eigenvalue weighted by Gasteiger charge is 2.16. The molecule has 0 unspecified atom stereocenters. The molecule has 2 heterocycles. The maximum atomic E-state index is 12.3. The molecular formula is C20H17BrN4O2. The van der Waals surface area contributed by atoms with Gasteiger partial charge in [-0.1, -0.05) is 34.1 Å². The van der Waals surface area contributed by atoms with Crippen LogP contribution in [0, 0.1) is 0 Å².